The molecular formula is C7H10N4O. The van der Waals surface area contributed by atoms with Gasteiger partial charge >= 0.3 is 0 Å². The second-order valence-electron chi connectivity index (χ2n) is 2.57. The van der Waals surface area contributed by atoms with Gasteiger partial charge in [0.25, 0.3) is 5.91 Å². The average Bonchev–Trinajstić information content (AvgIpc) is 1.81. The smallest absolute Gasteiger partial charge is 0.271 e. The molecule has 0 fully saturated rings. The SMILES string of the molecule is CC1=CC(=O)N=C(N=C(N)N)C1. The lowest BCUT2D eigenvalue weighted by Crippen LogP contribution is -2.25. The fourth-order valence-corrected chi connectivity index (χ4v) is 0.924. The predicted molar refractivity (Wildman–Crippen MR) is 46.6 cm³/mol. The molecule has 0 aromatic rings. The number of amides is 1. The van der Waals surface area contributed by atoms with Crippen LogP contribution in [0.4, 0.5) is 0 Å². The van der Waals surface area contributed by atoms with Crippen molar-refractivity contribution in [2.45, 2.75) is 13.3 Å². The molecule has 0 unspecified atom stereocenters. The molecule has 0 atom stereocenters. The van der Waals surface area contributed by atoms with Crippen LogP contribution in [0.1, 0.15) is 13.3 Å². The summed E-state index contributed by atoms with van der Waals surface area (Å²) < 4.78 is 0. The zero-order chi connectivity index (χ0) is 9.14. The highest BCUT2D eigenvalue weighted by Crippen LogP contribution is 2.08. The lowest BCUT2D eigenvalue weighted by atomic mass is 10.1. The third-order valence-corrected chi connectivity index (χ3v) is 1.30. The first-order chi connectivity index (χ1) is 5.58. The van der Waals surface area contributed by atoms with Crippen molar-refractivity contribution in [3.05, 3.63) is 11.6 Å². The Morgan fingerprint density at radius 3 is 2.83 bits per heavy atom. The van der Waals surface area contributed by atoms with Crippen molar-refractivity contribution in [3.63, 3.8) is 0 Å². The lowest BCUT2D eigenvalue weighted by molar-refractivity contribution is -0.113. The van der Waals surface area contributed by atoms with Crippen LogP contribution in [0, 0.1) is 0 Å². The molecule has 1 aliphatic heterocycles. The molecule has 5 heteroatoms. The molecular weight excluding hydrogens is 156 g/mol. The van der Waals surface area contributed by atoms with Crippen molar-refractivity contribution < 1.29 is 4.79 Å². The molecule has 0 spiro atoms. The Labute approximate surface area is 69.9 Å². The summed E-state index contributed by atoms with van der Waals surface area (Å²) in [6.07, 6.45) is 2.00. The Hall–Kier alpha value is -1.65. The summed E-state index contributed by atoms with van der Waals surface area (Å²) >= 11 is 0. The first kappa shape index (κ1) is 8.45. The van der Waals surface area contributed by atoms with Gasteiger partial charge in [-0.25, -0.2) is 0 Å². The van der Waals surface area contributed by atoms with Gasteiger partial charge in [0, 0.05) is 12.5 Å². The van der Waals surface area contributed by atoms with Gasteiger partial charge in [-0.1, -0.05) is 5.57 Å². The van der Waals surface area contributed by atoms with Crippen LogP contribution in [0.25, 0.3) is 0 Å². The Bertz CT molecular complexity index is 297. The van der Waals surface area contributed by atoms with E-state index in [4.69, 9.17) is 11.5 Å². The van der Waals surface area contributed by atoms with E-state index >= 15 is 0 Å². The van der Waals surface area contributed by atoms with E-state index in [1.807, 2.05) is 6.92 Å². The van der Waals surface area contributed by atoms with Gasteiger partial charge in [-0.2, -0.15) is 9.98 Å². The van der Waals surface area contributed by atoms with E-state index in [0.29, 0.717) is 12.3 Å². The quantitative estimate of drug-likeness (QED) is 0.376. The van der Waals surface area contributed by atoms with Gasteiger partial charge in [0.15, 0.2) is 5.96 Å². The number of carbonyl (C=O) groups is 1. The van der Waals surface area contributed by atoms with Crippen LogP contribution in [0.15, 0.2) is 21.6 Å². The molecule has 0 aliphatic carbocycles. The number of nitrogens with zero attached hydrogens (tertiary/aromatic N) is 2. The van der Waals surface area contributed by atoms with Crippen molar-refractivity contribution in [1.29, 1.82) is 0 Å². The van der Waals surface area contributed by atoms with Crippen LogP contribution in [-0.4, -0.2) is 17.7 Å². The summed E-state index contributed by atoms with van der Waals surface area (Å²) in [5, 5.41) is 0. The van der Waals surface area contributed by atoms with Gasteiger partial charge in [0.05, 0.1) is 0 Å². The van der Waals surface area contributed by atoms with Crippen LogP contribution in [0.3, 0.4) is 0 Å². The summed E-state index contributed by atoms with van der Waals surface area (Å²) in [4.78, 5) is 18.2. The molecule has 0 aromatic heterocycles. The summed E-state index contributed by atoms with van der Waals surface area (Å²) in [6.45, 7) is 1.83. The zero-order valence-electron chi connectivity index (χ0n) is 6.74. The summed E-state index contributed by atoms with van der Waals surface area (Å²) in [5.74, 6) is -0.00463. The largest absolute Gasteiger partial charge is 0.370 e. The molecule has 1 amide bonds. The maximum Gasteiger partial charge on any atom is 0.271 e. The second kappa shape index (κ2) is 3.17. The highest BCUT2D eigenvalue weighted by Gasteiger charge is 2.09. The minimum absolute atomic E-state index is 0.0729. The molecule has 64 valence electrons. The van der Waals surface area contributed by atoms with E-state index in [1.54, 1.807) is 0 Å². The summed E-state index contributed by atoms with van der Waals surface area (Å²) in [5.41, 5.74) is 11.2. The van der Waals surface area contributed by atoms with Crippen LogP contribution >= 0.6 is 0 Å². The van der Waals surface area contributed by atoms with Crippen molar-refractivity contribution in [1.82, 2.24) is 0 Å². The van der Waals surface area contributed by atoms with E-state index < -0.39 is 0 Å². The van der Waals surface area contributed by atoms with E-state index in [1.165, 1.54) is 6.08 Å². The Balaban J connectivity index is 2.83. The lowest BCUT2D eigenvalue weighted by Gasteiger charge is -2.05. The second-order valence-corrected chi connectivity index (χ2v) is 2.57. The minimum atomic E-state index is -0.307. The molecule has 0 saturated carbocycles. The number of rotatable bonds is 0. The predicted octanol–water partition coefficient (Wildman–Crippen LogP) is -0.465. The number of amidine groups is 1. The molecule has 0 radical (unpaired) electrons. The van der Waals surface area contributed by atoms with E-state index in [0.717, 1.165) is 5.57 Å². The number of nitrogens with two attached hydrogens (primary N) is 2. The maximum atomic E-state index is 10.9. The number of hydrogen-bond acceptors (Lipinski definition) is 2. The fourth-order valence-electron chi connectivity index (χ4n) is 0.924. The van der Waals surface area contributed by atoms with E-state index in [-0.39, 0.29) is 11.9 Å². The van der Waals surface area contributed by atoms with Gasteiger partial charge in [-0.15, -0.1) is 0 Å². The summed E-state index contributed by atoms with van der Waals surface area (Å²) in [7, 11) is 0. The Morgan fingerprint density at radius 1 is 1.67 bits per heavy atom. The highest BCUT2D eigenvalue weighted by atomic mass is 16.1. The first-order valence-corrected chi connectivity index (χ1v) is 3.46. The Kier molecular flexibility index (Phi) is 2.23. The van der Waals surface area contributed by atoms with Crippen molar-refractivity contribution >= 4 is 17.7 Å². The fraction of sp³-hybridized carbons (Fsp3) is 0.286. The van der Waals surface area contributed by atoms with Gasteiger partial charge < -0.3 is 11.5 Å². The number of dihydropyridines is 1. The number of carbonyl (C=O) groups excluding carboxylic acids is 1. The van der Waals surface area contributed by atoms with Crippen LogP contribution in [-0.2, 0) is 4.79 Å². The highest BCUT2D eigenvalue weighted by molar-refractivity contribution is 6.07. The van der Waals surface area contributed by atoms with Gasteiger partial charge in [-0.05, 0) is 6.92 Å². The van der Waals surface area contributed by atoms with E-state index in [2.05, 4.69) is 9.98 Å². The van der Waals surface area contributed by atoms with Gasteiger partial charge in [0.1, 0.15) is 5.84 Å². The number of hydrogen-bond donors (Lipinski definition) is 2. The third-order valence-electron chi connectivity index (χ3n) is 1.30. The Morgan fingerprint density at radius 2 is 2.33 bits per heavy atom. The first-order valence-electron chi connectivity index (χ1n) is 3.46. The van der Waals surface area contributed by atoms with Crippen molar-refractivity contribution in [3.8, 4) is 0 Å². The van der Waals surface area contributed by atoms with Crippen molar-refractivity contribution in [2.75, 3.05) is 0 Å². The molecule has 1 rings (SSSR count). The molecule has 4 N–H and O–H groups in total. The number of guanidine groups is 1. The standard InChI is InChI=1S/C7H10N4O/c1-4-2-5(11-7(8)9)10-6(12)3-4/h3H,2H2,1H3,(H4,8,9,10,11,12). The molecule has 1 heterocycles. The number of aliphatic imine (C=N–C) groups is 2. The van der Waals surface area contributed by atoms with E-state index in [9.17, 15) is 4.79 Å². The third kappa shape index (κ3) is 2.19. The average molecular weight is 166 g/mol. The molecule has 1 aliphatic rings. The zero-order valence-corrected chi connectivity index (χ0v) is 6.74. The molecule has 5 nitrogen and oxygen atoms in total. The van der Waals surface area contributed by atoms with Gasteiger partial charge in [0.2, 0.25) is 0 Å². The van der Waals surface area contributed by atoms with Crippen LogP contribution in [0.2, 0.25) is 0 Å². The molecule has 0 aromatic carbocycles. The van der Waals surface area contributed by atoms with Crippen molar-refractivity contribution in [2.24, 2.45) is 21.5 Å². The topological polar surface area (TPSA) is 93.8 Å². The molecule has 0 saturated heterocycles. The maximum absolute atomic E-state index is 10.9. The van der Waals surface area contributed by atoms with Gasteiger partial charge in [-0.3, -0.25) is 4.79 Å². The van der Waals surface area contributed by atoms with Crippen LogP contribution < -0.4 is 11.5 Å². The normalized spacial score (nSPS) is 16.6. The molecule has 12 heavy (non-hydrogen) atoms. The monoisotopic (exact) mass is 166 g/mol. The minimum Gasteiger partial charge on any atom is -0.370 e. The molecule has 0 bridgehead atoms. The van der Waals surface area contributed by atoms with Crippen LogP contribution in [0.5, 0.6) is 0 Å². The summed E-state index contributed by atoms with van der Waals surface area (Å²) in [6, 6.07) is 0.